The average molecular weight is 389 g/mol. The third-order valence-corrected chi connectivity index (χ3v) is 6.83. The van der Waals surface area contributed by atoms with Crippen LogP contribution in [-0.2, 0) is 22.7 Å². The summed E-state index contributed by atoms with van der Waals surface area (Å²) in [5, 5.41) is 16.1. The molecule has 134 valence electrons. The van der Waals surface area contributed by atoms with E-state index in [4.69, 9.17) is 5.11 Å². The summed E-state index contributed by atoms with van der Waals surface area (Å²) in [5.41, 5.74) is 2.50. The number of nitrogens with zero attached hydrogens (tertiary/aromatic N) is 5. The van der Waals surface area contributed by atoms with Gasteiger partial charge in [0.1, 0.15) is 11.1 Å². The number of hydrogen-bond donors (Lipinski definition) is 1. The second-order valence-corrected chi connectivity index (χ2v) is 8.31. The van der Waals surface area contributed by atoms with Gasteiger partial charge in [-0.05, 0) is 12.1 Å². The summed E-state index contributed by atoms with van der Waals surface area (Å²) < 4.78 is 1.98. The number of amidine groups is 1. The molecule has 1 amide bonds. The first-order chi connectivity index (χ1) is 12.6. The van der Waals surface area contributed by atoms with Gasteiger partial charge in [-0.1, -0.05) is 11.8 Å². The predicted octanol–water partition coefficient (Wildman–Crippen LogP) is 1.03. The number of carboxylic acids is 1. The van der Waals surface area contributed by atoms with Gasteiger partial charge >= 0.3 is 5.97 Å². The molecule has 1 fully saturated rings. The smallest absolute Gasteiger partial charge is 0.353 e. The molecule has 0 aliphatic carbocycles. The van der Waals surface area contributed by atoms with Gasteiger partial charge in [0.25, 0.3) is 5.91 Å². The molecule has 1 unspecified atom stereocenters. The Kier molecular flexibility index (Phi) is 3.64. The fraction of sp³-hybridized carbons (Fsp3) is 0.375. The van der Waals surface area contributed by atoms with E-state index in [1.807, 2.05) is 10.7 Å². The van der Waals surface area contributed by atoms with Gasteiger partial charge in [0.15, 0.2) is 5.17 Å². The summed E-state index contributed by atoms with van der Waals surface area (Å²) in [5.74, 6) is -0.275. The summed E-state index contributed by atoms with van der Waals surface area (Å²) in [6.07, 6.45) is 1.78. The zero-order valence-electron chi connectivity index (χ0n) is 13.7. The van der Waals surface area contributed by atoms with E-state index in [-0.39, 0.29) is 17.0 Å². The highest BCUT2D eigenvalue weighted by atomic mass is 32.2. The van der Waals surface area contributed by atoms with Crippen LogP contribution in [0.5, 0.6) is 0 Å². The number of amides is 1. The van der Waals surface area contributed by atoms with E-state index in [0.717, 1.165) is 48.5 Å². The number of carbonyl (C=O) groups is 2. The van der Waals surface area contributed by atoms with Crippen LogP contribution >= 0.6 is 23.5 Å². The van der Waals surface area contributed by atoms with Crippen LogP contribution in [0.2, 0.25) is 0 Å². The highest BCUT2D eigenvalue weighted by Crippen LogP contribution is 2.45. The molecule has 0 aromatic carbocycles. The molecule has 4 aliphatic rings. The summed E-state index contributed by atoms with van der Waals surface area (Å²) >= 11 is 3.14. The van der Waals surface area contributed by atoms with Crippen LogP contribution in [0, 0.1) is 0 Å². The molecule has 0 saturated carbocycles. The second kappa shape index (κ2) is 5.92. The molecule has 5 rings (SSSR count). The highest BCUT2D eigenvalue weighted by molar-refractivity contribution is 8.14. The minimum atomic E-state index is -1.07. The maximum atomic E-state index is 12.3. The Labute approximate surface area is 157 Å². The van der Waals surface area contributed by atoms with Crippen LogP contribution in [0.4, 0.5) is 0 Å². The molecule has 0 spiro atoms. The molecule has 1 aromatic heterocycles. The van der Waals surface area contributed by atoms with Crippen molar-refractivity contribution >= 4 is 46.6 Å². The van der Waals surface area contributed by atoms with Crippen molar-refractivity contribution in [2.24, 2.45) is 4.99 Å². The van der Waals surface area contributed by atoms with E-state index < -0.39 is 5.97 Å². The Morgan fingerprint density at radius 2 is 2.27 bits per heavy atom. The topological polar surface area (TPSA) is 91.0 Å². The molecule has 26 heavy (non-hydrogen) atoms. The minimum absolute atomic E-state index is 0.0526. The number of aromatic nitrogens is 2. The molecular weight excluding hydrogens is 374 g/mol. The van der Waals surface area contributed by atoms with Gasteiger partial charge in [-0.2, -0.15) is 5.10 Å². The van der Waals surface area contributed by atoms with Crippen LogP contribution in [0.1, 0.15) is 11.4 Å². The van der Waals surface area contributed by atoms with Crippen molar-refractivity contribution in [1.29, 1.82) is 0 Å². The zero-order chi connectivity index (χ0) is 17.8. The maximum absolute atomic E-state index is 12.3. The van der Waals surface area contributed by atoms with Crippen molar-refractivity contribution in [2.45, 2.75) is 18.5 Å². The number of rotatable bonds is 2. The molecule has 1 saturated heterocycles. The van der Waals surface area contributed by atoms with Crippen molar-refractivity contribution < 1.29 is 14.7 Å². The summed E-state index contributed by atoms with van der Waals surface area (Å²) in [6, 6.07) is 2.00. The van der Waals surface area contributed by atoms with E-state index in [9.17, 15) is 9.59 Å². The zero-order valence-corrected chi connectivity index (χ0v) is 15.3. The fourth-order valence-electron chi connectivity index (χ4n) is 3.46. The molecule has 1 atom stereocenters. The predicted molar refractivity (Wildman–Crippen MR) is 99.3 cm³/mol. The molecule has 0 bridgehead atoms. The first kappa shape index (κ1) is 16.0. The average Bonchev–Trinajstić information content (AvgIpc) is 3.35. The summed E-state index contributed by atoms with van der Waals surface area (Å²) in [4.78, 5) is 31.6. The van der Waals surface area contributed by atoms with Crippen LogP contribution in [-0.4, -0.2) is 65.9 Å². The van der Waals surface area contributed by atoms with Crippen molar-refractivity contribution in [3.8, 4) is 0 Å². The lowest BCUT2D eigenvalue weighted by molar-refractivity contribution is -0.141. The Morgan fingerprint density at radius 1 is 1.38 bits per heavy atom. The van der Waals surface area contributed by atoms with E-state index in [0.29, 0.717) is 5.57 Å². The minimum Gasteiger partial charge on any atom is -0.477 e. The Hall–Kier alpha value is -2.20. The van der Waals surface area contributed by atoms with Gasteiger partial charge in [-0.25, -0.2) is 4.79 Å². The molecular formula is C16H15N5O3S2. The number of carbonyl (C=O) groups excluding carboxylic acids is 1. The highest BCUT2D eigenvalue weighted by Gasteiger charge is 2.49. The molecule has 1 N–H and O–H groups in total. The quantitative estimate of drug-likeness (QED) is 0.597. The number of aliphatic carboxylic acids is 1. The Morgan fingerprint density at radius 3 is 3.04 bits per heavy atom. The van der Waals surface area contributed by atoms with E-state index in [2.05, 4.69) is 15.0 Å². The van der Waals surface area contributed by atoms with E-state index in [1.165, 1.54) is 22.1 Å². The van der Waals surface area contributed by atoms with Gasteiger partial charge in [-0.15, -0.1) is 11.8 Å². The van der Waals surface area contributed by atoms with Gasteiger partial charge in [0.2, 0.25) is 0 Å². The third kappa shape index (κ3) is 2.39. The molecule has 10 heteroatoms. The van der Waals surface area contributed by atoms with E-state index >= 15 is 0 Å². The van der Waals surface area contributed by atoms with E-state index in [1.54, 1.807) is 17.8 Å². The number of β-lactam (4-membered cyclic amide) rings is 1. The fourth-order valence-corrected chi connectivity index (χ4v) is 5.47. The van der Waals surface area contributed by atoms with Gasteiger partial charge in [0, 0.05) is 17.7 Å². The van der Waals surface area contributed by atoms with Crippen LogP contribution in [0.3, 0.4) is 0 Å². The number of hydrogen-bond acceptors (Lipinski definition) is 7. The lowest BCUT2D eigenvalue weighted by Gasteiger charge is -2.36. The first-order valence-electron chi connectivity index (χ1n) is 8.25. The summed E-state index contributed by atoms with van der Waals surface area (Å²) in [6.45, 7) is 3.33. The van der Waals surface area contributed by atoms with Gasteiger partial charge < -0.3 is 10.0 Å². The standard InChI is InChI=1S/C16H15N5O3S2/c22-13-11(14-21(13)12(8-26-14)15(23)24)6-9-5-10-7-19(2-3-20(10)18-9)16-17-1-4-25-16/h5-6,8,14H,1-4,7H2,(H,23,24). The molecule has 0 radical (unpaired) electrons. The lowest BCUT2D eigenvalue weighted by atomic mass is 10.0. The molecule has 8 nitrogen and oxygen atoms in total. The van der Waals surface area contributed by atoms with Crippen LogP contribution < -0.4 is 0 Å². The molecule has 1 aromatic rings. The Balaban J connectivity index is 1.35. The molecule has 4 aliphatic heterocycles. The largest absolute Gasteiger partial charge is 0.477 e. The third-order valence-electron chi connectivity index (χ3n) is 4.71. The van der Waals surface area contributed by atoms with Gasteiger partial charge in [0.05, 0.1) is 36.6 Å². The number of carboxylic acid groups (broad SMARTS) is 1. The lowest BCUT2D eigenvalue weighted by Crippen LogP contribution is -2.51. The van der Waals surface area contributed by atoms with Gasteiger partial charge in [-0.3, -0.25) is 19.4 Å². The van der Waals surface area contributed by atoms with Crippen molar-refractivity contribution in [2.75, 3.05) is 18.8 Å². The van der Waals surface area contributed by atoms with Crippen molar-refractivity contribution in [3.63, 3.8) is 0 Å². The number of aliphatic imine (C=N–C) groups is 1. The molecule has 5 heterocycles. The maximum Gasteiger partial charge on any atom is 0.353 e. The summed E-state index contributed by atoms with van der Waals surface area (Å²) in [7, 11) is 0. The van der Waals surface area contributed by atoms with Crippen molar-refractivity contribution in [3.05, 3.63) is 34.1 Å². The second-order valence-electron chi connectivity index (χ2n) is 6.29. The number of fused-ring (bicyclic) bond motifs is 2. The number of thioether (sulfide) groups is 2. The monoisotopic (exact) mass is 389 g/mol. The normalized spacial score (nSPS) is 25.8. The van der Waals surface area contributed by atoms with Crippen LogP contribution in [0.25, 0.3) is 6.08 Å². The SMILES string of the molecule is O=C(O)C1=CSC2C(=Cc3cc4n(n3)CCN(C3=NCCS3)C4)C(=O)N12. The first-order valence-corrected chi connectivity index (χ1v) is 10.2. The Bertz CT molecular complexity index is 919. The van der Waals surface area contributed by atoms with Crippen molar-refractivity contribution in [1.82, 2.24) is 19.6 Å². The van der Waals surface area contributed by atoms with Crippen LogP contribution in [0.15, 0.2) is 27.7 Å².